The minimum atomic E-state index is -0.201. The first-order valence-electron chi connectivity index (χ1n) is 12.0. The number of nitrogens with one attached hydrogen (secondary N) is 1. The average Bonchev–Trinajstić information content (AvgIpc) is 3.39. The Hall–Kier alpha value is -3.67. The molecule has 0 spiro atoms. The van der Waals surface area contributed by atoms with Gasteiger partial charge in [-0.2, -0.15) is 0 Å². The fraction of sp³-hybridized carbons (Fsp3) is 0.133. The molecule has 0 saturated heterocycles. The van der Waals surface area contributed by atoms with Crippen LogP contribution in [0.5, 0.6) is 0 Å². The zero-order valence-corrected chi connectivity index (χ0v) is 21.2. The SMILES string of the molecule is Cc1[nH]c2ccccc2c1/C=c1/sc2n(c1=O)[C@H](c1ccc(Cl)cc1)C1=C(N=2)c2ccccc2CC1. The average molecular weight is 508 g/mol. The summed E-state index contributed by atoms with van der Waals surface area (Å²) in [5.41, 5.74) is 8.89. The van der Waals surface area contributed by atoms with E-state index in [4.69, 9.17) is 16.6 Å². The zero-order chi connectivity index (χ0) is 24.4. The third kappa shape index (κ3) is 3.27. The van der Waals surface area contributed by atoms with Crippen molar-refractivity contribution >= 4 is 45.6 Å². The molecule has 1 atom stereocenters. The van der Waals surface area contributed by atoms with Crippen LogP contribution in [0.25, 0.3) is 22.7 Å². The number of thiazole rings is 1. The van der Waals surface area contributed by atoms with Crippen LogP contribution in [0, 0.1) is 6.92 Å². The largest absolute Gasteiger partial charge is 0.358 e. The molecule has 1 aliphatic carbocycles. The van der Waals surface area contributed by atoms with Gasteiger partial charge in [0.1, 0.15) is 0 Å². The Balaban J connectivity index is 1.51. The smallest absolute Gasteiger partial charge is 0.271 e. The van der Waals surface area contributed by atoms with Crippen LogP contribution in [-0.2, 0) is 6.42 Å². The summed E-state index contributed by atoms with van der Waals surface area (Å²) in [4.78, 5) is 23.3. The lowest BCUT2D eigenvalue weighted by molar-refractivity contribution is 0.585. The van der Waals surface area contributed by atoms with E-state index in [9.17, 15) is 4.79 Å². The summed E-state index contributed by atoms with van der Waals surface area (Å²) in [5.74, 6) is 0. The molecule has 1 aliphatic heterocycles. The van der Waals surface area contributed by atoms with E-state index < -0.39 is 0 Å². The fourth-order valence-corrected chi connectivity index (χ4v) is 6.69. The highest BCUT2D eigenvalue weighted by atomic mass is 35.5. The van der Waals surface area contributed by atoms with Crippen molar-refractivity contribution in [1.29, 1.82) is 0 Å². The lowest BCUT2D eigenvalue weighted by Crippen LogP contribution is -2.38. The summed E-state index contributed by atoms with van der Waals surface area (Å²) in [5, 5.41) is 1.80. The molecule has 6 heteroatoms. The van der Waals surface area contributed by atoms with Crippen molar-refractivity contribution in [2.24, 2.45) is 4.99 Å². The van der Waals surface area contributed by atoms with Crippen molar-refractivity contribution < 1.29 is 0 Å². The highest BCUT2D eigenvalue weighted by Gasteiger charge is 2.32. The molecule has 176 valence electrons. The first-order chi connectivity index (χ1) is 17.6. The van der Waals surface area contributed by atoms with Crippen molar-refractivity contribution in [3.8, 4) is 0 Å². The number of halogens is 1. The fourth-order valence-electron chi connectivity index (χ4n) is 5.58. The lowest BCUT2D eigenvalue weighted by atomic mass is 9.83. The second kappa shape index (κ2) is 8.19. The Morgan fingerprint density at radius 1 is 1.03 bits per heavy atom. The maximum absolute atomic E-state index is 14.0. The van der Waals surface area contributed by atoms with Crippen molar-refractivity contribution in [2.45, 2.75) is 25.8 Å². The van der Waals surface area contributed by atoms with Crippen LogP contribution in [0.2, 0.25) is 5.02 Å². The number of aryl methyl sites for hydroxylation is 2. The number of aromatic nitrogens is 2. The van der Waals surface area contributed by atoms with Gasteiger partial charge in [-0.05, 0) is 60.7 Å². The normalized spacial score (nSPS) is 17.1. The van der Waals surface area contributed by atoms with Crippen molar-refractivity contribution in [1.82, 2.24) is 9.55 Å². The van der Waals surface area contributed by atoms with Crippen molar-refractivity contribution in [2.75, 3.05) is 0 Å². The first kappa shape index (κ1) is 21.6. The van der Waals surface area contributed by atoms with Gasteiger partial charge < -0.3 is 4.98 Å². The monoisotopic (exact) mass is 507 g/mol. The third-order valence-electron chi connectivity index (χ3n) is 7.28. The van der Waals surface area contributed by atoms with Crippen LogP contribution >= 0.6 is 22.9 Å². The molecule has 3 heterocycles. The second-order valence-electron chi connectivity index (χ2n) is 9.37. The van der Waals surface area contributed by atoms with Crippen LogP contribution in [-0.4, -0.2) is 9.55 Å². The minimum Gasteiger partial charge on any atom is -0.358 e. The number of nitrogens with zero attached hydrogens (tertiary/aromatic N) is 2. The molecule has 0 fully saturated rings. The zero-order valence-electron chi connectivity index (χ0n) is 19.6. The number of fused-ring (bicyclic) bond motifs is 4. The molecule has 0 radical (unpaired) electrons. The van der Waals surface area contributed by atoms with Gasteiger partial charge in [0.25, 0.3) is 5.56 Å². The van der Waals surface area contributed by atoms with Gasteiger partial charge in [0.05, 0.1) is 16.3 Å². The maximum atomic E-state index is 14.0. The van der Waals surface area contributed by atoms with Crippen molar-refractivity contribution in [3.05, 3.63) is 131 Å². The van der Waals surface area contributed by atoms with Gasteiger partial charge in [0.15, 0.2) is 4.80 Å². The van der Waals surface area contributed by atoms with Crippen molar-refractivity contribution in [3.63, 3.8) is 0 Å². The summed E-state index contributed by atoms with van der Waals surface area (Å²) in [6.07, 6.45) is 3.83. The van der Waals surface area contributed by atoms with E-state index in [1.54, 1.807) is 0 Å². The van der Waals surface area contributed by atoms with Gasteiger partial charge in [0, 0.05) is 32.7 Å². The Bertz CT molecular complexity index is 1890. The quantitative estimate of drug-likeness (QED) is 0.324. The molecule has 36 heavy (non-hydrogen) atoms. The number of hydrogen-bond acceptors (Lipinski definition) is 3. The predicted molar refractivity (Wildman–Crippen MR) is 147 cm³/mol. The number of hydrogen-bond donors (Lipinski definition) is 1. The van der Waals surface area contributed by atoms with E-state index in [2.05, 4.69) is 48.3 Å². The highest BCUT2D eigenvalue weighted by Crippen LogP contribution is 2.41. The highest BCUT2D eigenvalue weighted by molar-refractivity contribution is 7.07. The summed E-state index contributed by atoms with van der Waals surface area (Å²) in [6, 6.07) is 24.3. The molecule has 5 aromatic rings. The number of rotatable bonds is 2. The second-order valence-corrected chi connectivity index (χ2v) is 10.8. The van der Waals surface area contributed by atoms with Crippen LogP contribution in [0.3, 0.4) is 0 Å². The van der Waals surface area contributed by atoms with Crippen LogP contribution in [0.1, 0.15) is 40.4 Å². The van der Waals surface area contributed by atoms with Gasteiger partial charge in [-0.1, -0.05) is 77.5 Å². The summed E-state index contributed by atoms with van der Waals surface area (Å²) < 4.78 is 2.57. The first-order valence-corrected chi connectivity index (χ1v) is 13.2. The van der Waals surface area contributed by atoms with Crippen LogP contribution in [0.4, 0.5) is 0 Å². The summed E-state index contributed by atoms with van der Waals surface area (Å²) in [7, 11) is 0. The van der Waals surface area contributed by atoms with E-state index in [0.29, 0.717) is 9.55 Å². The molecule has 3 aromatic carbocycles. The topological polar surface area (TPSA) is 50.1 Å². The van der Waals surface area contributed by atoms with E-state index >= 15 is 0 Å². The Morgan fingerprint density at radius 3 is 2.67 bits per heavy atom. The Morgan fingerprint density at radius 2 is 1.81 bits per heavy atom. The van der Waals surface area contributed by atoms with E-state index in [0.717, 1.165) is 51.1 Å². The number of benzene rings is 3. The van der Waals surface area contributed by atoms with Gasteiger partial charge in [-0.15, -0.1) is 0 Å². The van der Waals surface area contributed by atoms with Gasteiger partial charge in [-0.25, -0.2) is 4.99 Å². The number of H-pyrrole nitrogens is 1. The van der Waals surface area contributed by atoms with E-state index in [1.807, 2.05) is 47.0 Å². The van der Waals surface area contributed by atoms with Gasteiger partial charge in [0.2, 0.25) is 0 Å². The third-order valence-corrected chi connectivity index (χ3v) is 8.51. The molecule has 4 nitrogen and oxygen atoms in total. The molecular weight excluding hydrogens is 486 g/mol. The number of para-hydroxylation sites is 1. The minimum absolute atomic E-state index is 0.00575. The standard InChI is InChI=1S/C30H22ClN3OS/c1-17-24(22-8-4-5-9-25(22)32-17)16-26-29(35)34-28(19-10-13-20(31)14-11-19)23-15-12-18-6-2-3-7-21(18)27(23)33-30(34)36-26/h2-11,13-14,16,28,32H,12,15H2,1H3/b26-16+/t28-/m1/s1. The number of aromatic amines is 1. The molecule has 0 saturated carbocycles. The maximum Gasteiger partial charge on any atom is 0.271 e. The van der Waals surface area contributed by atoms with E-state index in [-0.39, 0.29) is 11.6 Å². The number of allylic oxidation sites excluding steroid dienone is 1. The summed E-state index contributed by atoms with van der Waals surface area (Å²) in [6.45, 7) is 2.05. The molecule has 7 rings (SSSR count). The molecule has 0 amide bonds. The molecule has 0 bridgehead atoms. The molecule has 0 unspecified atom stereocenters. The lowest BCUT2D eigenvalue weighted by Gasteiger charge is -2.30. The molecular formula is C30H22ClN3OS. The molecule has 1 N–H and O–H groups in total. The van der Waals surface area contributed by atoms with Crippen LogP contribution in [0.15, 0.2) is 88.2 Å². The van der Waals surface area contributed by atoms with E-state index in [1.165, 1.54) is 28.0 Å². The Labute approximate surface area is 216 Å². The Kier molecular flexibility index (Phi) is 4.91. The van der Waals surface area contributed by atoms with Gasteiger partial charge in [-0.3, -0.25) is 9.36 Å². The predicted octanol–water partition coefficient (Wildman–Crippen LogP) is 5.76. The molecule has 2 aromatic heterocycles. The molecule has 2 aliphatic rings. The van der Waals surface area contributed by atoms with Gasteiger partial charge >= 0.3 is 0 Å². The summed E-state index contributed by atoms with van der Waals surface area (Å²) >= 11 is 7.69. The van der Waals surface area contributed by atoms with Crippen LogP contribution < -0.4 is 14.9 Å².